The second kappa shape index (κ2) is 8.45. The number of aryl methyl sites for hydroxylation is 1. The molecule has 0 aliphatic heterocycles. The lowest BCUT2D eigenvalue weighted by atomic mass is 10.1. The molecule has 0 saturated carbocycles. The Bertz CT molecular complexity index is 639. The van der Waals surface area contributed by atoms with E-state index in [4.69, 9.17) is 4.74 Å². The Morgan fingerprint density at radius 1 is 1.35 bits per heavy atom. The van der Waals surface area contributed by atoms with Gasteiger partial charge >= 0.3 is 0 Å². The minimum Gasteiger partial charge on any atom is -0.377 e. The summed E-state index contributed by atoms with van der Waals surface area (Å²) < 4.78 is 7.16. The number of hydrogen-bond donors (Lipinski definition) is 2. The molecule has 1 atom stereocenters. The van der Waals surface area contributed by atoms with E-state index in [0.29, 0.717) is 19.8 Å². The van der Waals surface area contributed by atoms with E-state index in [2.05, 4.69) is 15.7 Å². The van der Waals surface area contributed by atoms with Gasteiger partial charge in [0.25, 0.3) is 0 Å². The van der Waals surface area contributed by atoms with E-state index < -0.39 is 6.04 Å². The molecule has 0 aliphatic rings. The molecule has 1 aromatic heterocycles. The van der Waals surface area contributed by atoms with Gasteiger partial charge in [-0.05, 0) is 25.1 Å². The number of ether oxygens (including phenoxy) is 1. The van der Waals surface area contributed by atoms with Crippen molar-refractivity contribution < 1.29 is 9.53 Å². The van der Waals surface area contributed by atoms with Crippen LogP contribution < -0.4 is 10.6 Å². The van der Waals surface area contributed by atoms with Crippen LogP contribution in [0.3, 0.4) is 0 Å². The van der Waals surface area contributed by atoms with Crippen LogP contribution in [0.1, 0.15) is 29.7 Å². The zero-order chi connectivity index (χ0) is 16.7. The van der Waals surface area contributed by atoms with Gasteiger partial charge in [-0.3, -0.25) is 9.48 Å². The Labute approximate surface area is 136 Å². The molecule has 2 N–H and O–H groups in total. The number of nitrogens with zero attached hydrogens (tertiary/aromatic N) is 2. The molecule has 1 aromatic carbocycles. The third-order valence-corrected chi connectivity index (χ3v) is 3.64. The molecule has 6 nitrogen and oxygen atoms in total. The predicted octanol–water partition coefficient (Wildman–Crippen LogP) is 1.53. The maximum absolute atomic E-state index is 12.4. The van der Waals surface area contributed by atoms with Crippen molar-refractivity contribution in [3.05, 3.63) is 53.3 Å². The second-order valence-corrected chi connectivity index (χ2v) is 5.29. The highest BCUT2D eigenvalue weighted by Gasteiger charge is 2.19. The first-order valence-corrected chi connectivity index (χ1v) is 7.73. The number of aromatic nitrogens is 2. The third kappa shape index (κ3) is 4.64. The van der Waals surface area contributed by atoms with Crippen LogP contribution in [0.4, 0.5) is 0 Å². The Morgan fingerprint density at radius 2 is 2.09 bits per heavy atom. The van der Waals surface area contributed by atoms with Gasteiger partial charge in [-0.25, -0.2) is 0 Å². The standard InChI is InChI=1S/C17H24N4O2/c1-4-23-12-14-8-6-5-7-13(14)9-19-17(22)16(18-2)15-10-20-21(3)11-15/h5-8,10-11,16,18H,4,9,12H2,1-3H3,(H,19,22). The normalized spacial score (nSPS) is 12.1. The van der Waals surface area contributed by atoms with E-state index in [1.54, 1.807) is 17.9 Å². The highest BCUT2D eigenvalue weighted by molar-refractivity contribution is 5.83. The first-order chi connectivity index (χ1) is 11.2. The predicted molar refractivity (Wildman–Crippen MR) is 88.6 cm³/mol. The molecule has 2 rings (SSSR count). The molecule has 0 fully saturated rings. The lowest BCUT2D eigenvalue weighted by molar-refractivity contribution is -0.123. The fourth-order valence-electron chi connectivity index (χ4n) is 2.41. The second-order valence-electron chi connectivity index (χ2n) is 5.29. The third-order valence-electron chi connectivity index (χ3n) is 3.64. The first-order valence-electron chi connectivity index (χ1n) is 7.73. The van der Waals surface area contributed by atoms with Crippen LogP contribution in [0.2, 0.25) is 0 Å². The average Bonchev–Trinajstić information content (AvgIpc) is 2.98. The highest BCUT2D eigenvalue weighted by atomic mass is 16.5. The molecular weight excluding hydrogens is 292 g/mol. The van der Waals surface area contributed by atoms with Crippen LogP contribution in [0.5, 0.6) is 0 Å². The van der Waals surface area contributed by atoms with Crippen LogP contribution in [0.15, 0.2) is 36.7 Å². The topological polar surface area (TPSA) is 68.2 Å². The molecule has 0 radical (unpaired) electrons. The van der Waals surface area contributed by atoms with Crippen LogP contribution >= 0.6 is 0 Å². The van der Waals surface area contributed by atoms with Crippen molar-refractivity contribution in [3.63, 3.8) is 0 Å². The monoisotopic (exact) mass is 316 g/mol. The number of carbonyl (C=O) groups is 1. The van der Waals surface area contributed by atoms with Gasteiger partial charge in [-0.2, -0.15) is 5.10 Å². The highest BCUT2D eigenvalue weighted by Crippen LogP contribution is 2.13. The van der Waals surface area contributed by atoms with Crippen molar-refractivity contribution in [1.82, 2.24) is 20.4 Å². The van der Waals surface area contributed by atoms with Gasteiger partial charge in [0.05, 0.1) is 12.8 Å². The Morgan fingerprint density at radius 3 is 2.70 bits per heavy atom. The summed E-state index contributed by atoms with van der Waals surface area (Å²) in [5, 5.41) is 10.1. The minimum atomic E-state index is -0.414. The largest absolute Gasteiger partial charge is 0.377 e. The molecule has 0 spiro atoms. The van der Waals surface area contributed by atoms with E-state index in [-0.39, 0.29) is 5.91 Å². The number of rotatable bonds is 8. The molecule has 0 aliphatic carbocycles. The lowest BCUT2D eigenvalue weighted by Crippen LogP contribution is -2.35. The molecule has 1 unspecified atom stereocenters. The zero-order valence-corrected chi connectivity index (χ0v) is 13.9. The molecule has 0 bridgehead atoms. The maximum atomic E-state index is 12.4. The van der Waals surface area contributed by atoms with Crippen molar-refractivity contribution in [1.29, 1.82) is 0 Å². The molecular formula is C17H24N4O2. The van der Waals surface area contributed by atoms with Crippen LogP contribution in [-0.4, -0.2) is 29.3 Å². The summed E-state index contributed by atoms with van der Waals surface area (Å²) in [6.07, 6.45) is 3.54. The molecule has 1 heterocycles. The number of hydrogen-bond acceptors (Lipinski definition) is 4. The van der Waals surface area contributed by atoms with Crippen molar-refractivity contribution in [3.8, 4) is 0 Å². The summed E-state index contributed by atoms with van der Waals surface area (Å²) in [6, 6.07) is 7.56. The Hall–Kier alpha value is -2.18. The molecule has 1 amide bonds. The van der Waals surface area contributed by atoms with Gasteiger partial charge in [-0.1, -0.05) is 24.3 Å². The fraction of sp³-hybridized carbons (Fsp3) is 0.412. The zero-order valence-electron chi connectivity index (χ0n) is 13.9. The Balaban J connectivity index is 2.00. The van der Waals surface area contributed by atoms with Gasteiger partial charge in [0.1, 0.15) is 6.04 Å². The van der Waals surface area contributed by atoms with Crippen molar-refractivity contribution >= 4 is 5.91 Å². The summed E-state index contributed by atoms with van der Waals surface area (Å²) >= 11 is 0. The van der Waals surface area contributed by atoms with Gasteiger partial charge in [0.15, 0.2) is 0 Å². The quantitative estimate of drug-likeness (QED) is 0.775. The Kier molecular flexibility index (Phi) is 6.31. The van der Waals surface area contributed by atoms with E-state index >= 15 is 0 Å². The summed E-state index contributed by atoms with van der Waals surface area (Å²) in [7, 11) is 3.60. The van der Waals surface area contributed by atoms with Crippen LogP contribution in [-0.2, 0) is 29.7 Å². The van der Waals surface area contributed by atoms with Crippen LogP contribution in [0.25, 0.3) is 0 Å². The minimum absolute atomic E-state index is 0.0771. The van der Waals surface area contributed by atoms with Gasteiger partial charge < -0.3 is 15.4 Å². The molecule has 6 heteroatoms. The number of benzene rings is 1. The number of carbonyl (C=O) groups excluding carboxylic acids is 1. The van der Waals surface area contributed by atoms with E-state index in [1.807, 2.05) is 44.4 Å². The number of amides is 1. The molecule has 0 saturated heterocycles. The molecule has 124 valence electrons. The smallest absolute Gasteiger partial charge is 0.242 e. The van der Waals surface area contributed by atoms with Crippen molar-refractivity contribution in [2.75, 3.05) is 13.7 Å². The van der Waals surface area contributed by atoms with E-state index in [9.17, 15) is 4.79 Å². The van der Waals surface area contributed by atoms with Gasteiger partial charge in [-0.15, -0.1) is 0 Å². The van der Waals surface area contributed by atoms with Crippen molar-refractivity contribution in [2.45, 2.75) is 26.1 Å². The van der Waals surface area contributed by atoms with Gasteiger partial charge in [0, 0.05) is 32.0 Å². The summed E-state index contributed by atoms with van der Waals surface area (Å²) in [6.45, 7) is 3.67. The summed E-state index contributed by atoms with van der Waals surface area (Å²) in [4.78, 5) is 12.4. The maximum Gasteiger partial charge on any atom is 0.242 e. The van der Waals surface area contributed by atoms with E-state index in [1.165, 1.54) is 0 Å². The average molecular weight is 316 g/mol. The van der Waals surface area contributed by atoms with Crippen molar-refractivity contribution in [2.24, 2.45) is 7.05 Å². The van der Waals surface area contributed by atoms with Crippen LogP contribution in [0, 0.1) is 0 Å². The summed E-state index contributed by atoms with van der Waals surface area (Å²) in [5.41, 5.74) is 3.00. The SMILES string of the molecule is CCOCc1ccccc1CNC(=O)C(NC)c1cnn(C)c1. The summed E-state index contributed by atoms with van der Waals surface area (Å²) in [5.74, 6) is -0.0771. The molecule has 23 heavy (non-hydrogen) atoms. The fourth-order valence-corrected chi connectivity index (χ4v) is 2.41. The van der Waals surface area contributed by atoms with E-state index in [0.717, 1.165) is 16.7 Å². The lowest BCUT2D eigenvalue weighted by Gasteiger charge is -2.16. The molecule has 2 aromatic rings. The number of nitrogens with one attached hydrogen (secondary N) is 2. The number of likely N-dealkylation sites (N-methyl/N-ethyl adjacent to an activating group) is 1. The first kappa shape index (κ1) is 17.2. The van der Waals surface area contributed by atoms with Gasteiger partial charge in [0.2, 0.25) is 5.91 Å².